The molecule has 0 unspecified atom stereocenters. The Bertz CT molecular complexity index is 1840. The van der Waals surface area contributed by atoms with Crippen LogP contribution in [-0.2, 0) is 13.6 Å². The Kier molecular flexibility index (Phi) is 6.03. The maximum absolute atomic E-state index is 13.5. The van der Waals surface area contributed by atoms with E-state index in [0.717, 1.165) is 0 Å². The maximum atomic E-state index is 13.5. The van der Waals surface area contributed by atoms with E-state index in [1.165, 1.54) is 21.7 Å². The predicted molar refractivity (Wildman–Crippen MR) is 142 cm³/mol. The molecule has 11 heteroatoms. The molecule has 0 fully saturated rings. The Morgan fingerprint density at radius 3 is 2.42 bits per heavy atom. The Hall–Kier alpha value is -5.19. The highest BCUT2D eigenvalue weighted by atomic mass is 16.5. The van der Waals surface area contributed by atoms with Crippen LogP contribution in [0.2, 0.25) is 0 Å². The lowest BCUT2D eigenvalue weighted by molar-refractivity contribution is 0.0995. The van der Waals surface area contributed by atoms with Crippen molar-refractivity contribution in [1.29, 1.82) is 0 Å². The molecule has 2 amide bonds. The molecule has 38 heavy (non-hydrogen) atoms. The number of carbonyl (C=O) groups excluding carboxylic acids is 2. The van der Waals surface area contributed by atoms with Gasteiger partial charge in [0, 0.05) is 31.0 Å². The SMILES string of the molecule is CCn1c2c(C(=O)Nc3cccc(C(N)=O)c3)nccc2c(=O)n1-c1ccc(-c2c(C)on(C)c2=O)cc1. The molecule has 2 aromatic carbocycles. The van der Waals surface area contributed by atoms with E-state index in [9.17, 15) is 19.2 Å². The molecule has 11 nitrogen and oxygen atoms in total. The molecule has 0 aliphatic carbocycles. The number of nitrogens with zero attached hydrogens (tertiary/aromatic N) is 4. The average Bonchev–Trinajstić information content (AvgIpc) is 3.34. The van der Waals surface area contributed by atoms with E-state index in [0.29, 0.717) is 45.7 Å². The molecule has 3 aromatic heterocycles. The summed E-state index contributed by atoms with van der Waals surface area (Å²) >= 11 is 0. The van der Waals surface area contributed by atoms with Crippen molar-refractivity contribution in [3.8, 4) is 16.8 Å². The number of aromatic nitrogens is 4. The highest BCUT2D eigenvalue weighted by molar-refractivity contribution is 6.10. The number of anilines is 1. The first-order valence-corrected chi connectivity index (χ1v) is 11.8. The number of hydrogen-bond acceptors (Lipinski definition) is 6. The molecule has 0 radical (unpaired) electrons. The Labute approximate surface area is 215 Å². The zero-order valence-electron chi connectivity index (χ0n) is 20.9. The summed E-state index contributed by atoms with van der Waals surface area (Å²) in [7, 11) is 1.54. The van der Waals surface area contributed by atoms with E-state index >= 15 is 0 Å². The van der Waals surface area contributed by atoms with Crippen LogP contribution in [0.3, 0.4) is 0 Å². The maximum Gasteiger partial charge on any atom is 0.290 e. The van der Waals surface area contributed by atoms with Gasteiger partial charge < -0.3 is 15.6 Å². The smallest absolute Gasteiger partial charge is 0.290 e. The van der Waals surface area contributed by atoms with Crippen molar-refractivity contribution in [3.05, 3.63) is 98.5 Å². The summed E-state index contributed by atoms with van der Waals surface area (Å²) in [5.74, 6) is -0.668. The fourth-order valence-corrected chi connectivity index (χ4v) is 4.57. The molecule has 3 heterocycles. The molecule has 0 bridgehead atoms. The van der Waals surface area contributed by atoms with Gasteiger partial charge in [0.25, 0.3) is 17.0 Å². The summed E-state index contributed by atoms with van der Waals surface area (Å²) in [5, 5.41) is 3.05. The minimum atomic E-state index is -0.618. The number of amides is 2. The highest BCUT2D eigenvalue weighted by Gasteiger charge is 2.22. The fourth-order valence-electron chi connectivity index (χ4n) is 4.57. The molecule has 0 aliphatic heterocycles. The Morgan fingerprint density at radius 1 is 1.05 bits per heavy atom. The fraction of sp³-hybridized carbons (Fsp3) is 0.148. The summed E-state index contributed by atoms with van der Waals surface area (Å²) < 4.78 is 9.70. The summed E-state index contributed by atoms with van der Waals surface area (Å²) in [5.41, 5.74) is 7.47. The first-order valence-electron chi connectivity index (χ1n) is 11.8. The van der Waals surface area contributed by atoms with Gasteiger partial charge >= 0.3 is 0 Å². The van der Waals surface area contributed by atoms with E-state index in [1.54, 1.807) is 67.2 Å². The zero-order valence-corrected chi connectivity index (χ0v) is 20.9. The third-order valence-corrected chi connectivity index (χ3v) is 6.29. The lowest BCUT2D eigenvalue weighted by atomic mass is 10.1. The molecular formula is C27H24N6O5. The van der Waals surface area contributed by atoms with E-state index in [4.69, 9.17) is 10.3 Å². The van der Waals surface area contributed by atoms with Gasteiger partial charge in [0.1, 0.15) is 11.3 Å². The van der Waals surface area contributed by atoms with Gasteiger partial charge in [0.15, 0.2) is 5.69 Å². The van der Waals surface area contributed by atoms with Gasteiger partial charge in [-0.3, -0.25) is 23.9 Å². The molecule has 0 saturated heterocycles. The predicted octanol–water partition coefficient (Wildman–Crippen LogP) is 2.83. The van der Waals surface area contributed by atoms with Crippen molar-refractivity contribution in [2.45, 2.75) is 20.4 Å². The van der Waals surface area contributed by atoms with E-state index in [-0.39, 0.29) is 22.4 Å². The lowest BCUT2D eigenvalue weighted by Gasteiger charge is -2.13. The summed E-state index contributed by atoms with van der Waals surface area (Å²) in [6.07, 6.45) is 1.41. The molecule has 5 rings (SSSR count). The van der Waals surface area contributed by atoms with E-state index < -0.39 is 11.8 Å². The van der Waals surface area contributed by atoms with Crippen LogP contribution in [0.15, 0.2) is 74.9 Å². The van der Waals surface area contributed by atoms with Crippen LogP contribution in [0, 0.1) is 6.92 Å². The number of rotatable bonds is 6. The van der Waals surface area contributed by atoms with Crippen LogP contribution < -0.4 is 22.2 Å². The molecule has 0 atom stereocenters. The van der Waals surface area contributed by atoms with Crippen molar-refractivity contribution in [2.24, 2.45) is 12.8 Å². The molecule has 3 N–H and O–H groups in total. The van der Waals surface area contributed by atoms with Gasteiger partial charge in [0.2, 0.25) is 5.91 Å². The quantitative estimate of drug-likeness (QED) is 0.358. The summed E-state index contributed by atoms with van der Waals surface area (Å²) in [6, 6.07) is 14.8. The topological polar surface area (TPSA) is 147 Å². The van der Waals surface area contributed by atoms with Gasteiger partial charge in [-0.25, -0.2) is 9.67 Å². The van der Waals surface area contributed by atoms with Gasteiger partial charge in [-0.2, -0.15) is 4.74 Å². The number of primary amides is 1. The molecule has 5 aromatic rings. The minimum Gasteiger partial charge on any atom is -0.381 e. The molecule has 192 valence electrons. The molecule has 0 aliphatic rings. The monoisotopic (exact) mass is 512 g/mol. The van der Waals surface area contributed by atoms with Gasteiger partial charge in [-0.15, -0.1) is 0 Å². The van der Waals surface area contributed by atoms with Gasteiger partial charge in [-0.1, -0.05) is 18.2 Å². The normalized spacial score (nSPS) is 11.1. The van der Waals surface area contributed by atoms with Crippen molar-refractivity contribution in [2.75, 3.05) is 5.32 Å². The van der Waals surface area contributed by atoms with Crippen molar-refractivity contribution in [1.82, 2.24) is 19.1 Å². The minimum absolute atomic E-state index is 0.0545. The second-order valence-electron chi connectivity index (χ2n) is 8.66. The number of fused-ring (bicyclic) bond motifs is 1. The highest BCUT2D eigenvalue weighted by Crippen LogP contribution is 2.24. The third kappa shape index (κ3) is 3.99. The zero-order chi connectivity index (χ0) is 27.1. The first kappa shape index (κ1) is 24.5. The number of carbonyl (C=O) groups is 2. The summed E-state index contributed by atoms with van der Waals surface area (Å²) in [6.45, 7) is 3.94. The second-order valence-corrected chi connectivity index (χ2v) is 8.66. The molecule has 0 spiro atoms. The molecule has 0 saturated carbocycles. The van der Waals surface area contributed by atoms with Crippen molar-refractivity contribution >= 4 is 28.4 Å². The van der Waals surface area contributed by atoms with Gasteiger partial charge in [0.05, 0.1) is 16.6 Å². The van der Waals surface area contributed by atoms with Crippen molar-refractivity contribution < 1.29 is 14.1 Å². The van der Waals surface area contributed by atoms with E-state index in [2.05, 4.69) is 10.3 Å². The molecular weight excluding hydrogens is 488 g/mol. The van der Waals surface area contributed by atoms with Crippen LogP contribution in [0.5, 0.6) is 0 Å². The van der Waals surface area contributed by atoms with Crippen LogP contribution in [0.4, 0.5) is 5.69 Å². The van der Waals surface area contributed by atoms with Crippen LogP contribution in [0.1, 0.15) is 33.5 Å². The number of pyridine rings is 1. The number of aryl methyl sites for hydroxylation is 3. The first-order chi connectivity index (χ1) is 18.2. The third-order valence-electron chi connectivity index (χ3n) is 6.29. The van der Waals surface area contributed by atoms with E-state index in [1.807, 2.05) is 6.92 Å². The average molecular weight is 513 g/mol. The number of nitrogens with two attached hydrogens (primary N) is 1. The largest absolute Gasteiger partial charge is 0.381 e. The second kappa shape index (κ2) is 9.36. The van der Waals surface area contributed by atoms with Crippen LogP contribution >= 0.6 is 0 Å². The number of hydrogen-bond donors (Lipinski definition) is 2. The number of nitrogens with one attached hydrogen (secondary N) is 1. The lowest BCUT2D eigenvalue weighted by Crippen LogP contribution is -2.21. The summed E-state index contributed by atoms with van der Waals surface area (Å²) in [4.78, 5) is 55.0. The standard InChI is InChI=1S/C27H24N6O5/c1-4-32-23-20(12-13-29-22(23)25(35)30-18-7-5-6-17(14-18)24(28)34)26(36)33(32)19-10-8-16(9-11-19)21-15(2)38-31(3)27(21)37/h5-14H,4H2,1-3H3,(H2,28,34)(H,30,35). The Balaban J connectivity index is 1.59. The Morgan fingerprint density at radius 2 is 1.79 bits per heavy atom. The van der Waals surface area contributed by atoms with Gasteiger partial charge in [-0.05, 0) is 55.8 Å². The number of benzene rings is 2. The van der Waals surface area contributed by atoms with Crippen molar-refractivity contribution in [3.63, 3.8) is 0 Å². The van der Waals surface area contributed by atoms with Crippen LogP contribution in [-0.4, -0.2) is 30.9 Å². The van der Waals surface area contributed by atoms with Crippen LogP contribution in [0.25, 0.3) is 27.7 Å².